The normalized spacial score (nSPS) is 16.6. The maximum Gasteiger partial charge on any atom is 0.224 e. The van der Waals surface area contributed by atoms with Gasteiger partial charge in [-0.05, 0) is 0 Å². The van der Waals surface area contributed by atoms with Gasteiger partial charge in [-0.25, -0.2) is 0 Å². The minimum Gasteiger partial charge on any atom is -0.389 e. The number of likely N-dealkylation sites (tertiary alicyclic amines) is 1. The Morgan fingerprint density at radius 2 is 2.15 bits per heavy atom. The number of hydrogen-bond donors (Lipinski definition) is 2. The van der Waals surface area contributed by atoms with Gasteiger partial charge in [-0.1, -0.05) is 0 Å². The monoisotopic (exact) mass is 186 g/mol. The van der Waals surface area contributed by atoms with E-state index >= 15 is 0 Å². The number of carbonyl (C=O) groups excluding carboxylic acids is 2. The molecule has 74 valence electrons. The van der Waals surface area contributed by atoms with Gasteiger partial charge >= 0.3 is 0 Å². The lowest BCUT2D eigenvalue weighted by atomic mass is 10.1. The number of nitrogens with one attached hydrogen (secondary N) is 1. The zero-order valence-electron chi connectivity index (χ0n) is 7.62. The maximum atomic E-state index is 11.2. The van der Waals surface area contributed by atoms with E-state index in [0.717, 1.165) is 0 Å². The first kappa shape index (κ1) is 9.98. The van der Waals surface area contributed by atoms with Crippen molar-refractivity contribution >= 4 is 11.8 Å². The molecule has 0 aromatic carbocycles. The maximum absolute atomic E-state index is 11.2. The van der Waals surface area contributed by atoms with Gasteiger partial charge in [0, 0.05) is 33.0 Å². The van der Waals surface area contributed by atoms with Gasteiger partial charge in [-0.15, -0.1) is 0 Å². The van der Waals surface area contributed by atoms with Gasteiger partial charge in [0.05, 0.1) is 6.10 Å². The number of amides is 2. The van der Waals surface area contributed by atoms with E-state index in [4.69, 9.17) is 5.11 Å². The molecule has 0 aromatic rings. The lowest BCUT2D eigenvalue weighted by Crippen LogP contribution is -2.53. The van der Waals surface area contributed by atoms with Crippen LogP contribution in [0.3, 0.4) is 0 Å². The summed E-state index contributed by atoms with van der Waals surface area (Å²) in [6.07, 6.45) is -0.0449. The Bertz CT molecular complexity index is 211. The highest BCUT2D eigenvalue weighted by Gasteiger charge is 2.27. The van der Waals surface area contributed by atoms with Crippen molar-refractivity contribution in [2.75, 3.05) is 19.6 Å². The topological polar surface area (TPSA) is 69.6 Å². The molecule has 0 radical (unpaired) electrons. The van der Waals surface area contributed by atoms with Crippen molar-refractivity contribution in [3.8, 4) is 0 Å². The third kappa shape index (κ3) is 3.02. The summed E-state index contributed by atoms with van der Waals surface area (Å²) in [6.45, 7) is 2.65. The van der Waals surface area contributed by atoms with Crippen LogP contribution in [-0.2, 0) is 9.59 Å². The van der Waals surface area contributed by atoms with Crippen molar-refractivity contribution in [3.63, 3.8) is 0 Å². The summed E-state index contributed by atoms with van der Waals surface area (Å²) in [6, 6.07) is 0. The van der Waals surface area contributed by atoms with Crippen LogP contribution in [0.2, 0.25) is 0 Å². The number of aliphatic hydroxyl groups is 1. The summed E-state index contributed by atoms with van der Waals surface area (Å²) in [7, 11) is 0. The molecule has 0 spiro atoms. The quantitative estimate of drug-likeness (QED) is 0.576. The van der Waals surface area contributed by atoms with Crippen molar-refractivity contribution in [1.29, 1.82) is 0 Å². The number of rotatable bonds is 3. The molecular formula is C8H14N2O3. The van der Waals surface area contributed by atoms with Crippen LogP contribution in [0, 0.1) is 0 Å². The van der Waals surface area contributed by atoms with Gasteiger partial charge in [0.25, 0.3) is 0 Å². The molecule has 5 nitrogen and oxygen atoms in total. The third-order valence-corrected chi connectivity index (χ3v) is 1.93. The summed E-state index contributed by atoms with van der Waals surface area (Å²) in [4.78, 5) is 23.2. The first-order valence-corrected chi connectivity index (χ1v) is 4.30. The van der Waals surface area contributed by atoms with Gasteiger partial charge < -0.3 is 15.3 Å². The average Bonchev–Trinajstić information content (AvgIpc) is 1.97. The highest BCUT2D eigenvalue weighted by Crippen LogP contribution is 2.08. The number of aliphatic hydroxyl groups excluding tert-OH is 1. The van der Waals surface area contributed by atoms with Crippen LogP contribution in [-0.4, -0.2) is 47.6 Å². The van der Waals surface area contributed by atoms with Gasteiger partial charge in [0.1, 0.15) is 0 Å². The summed E-state index contributed by atoms with van der Waals surface area (Å²) >= 11 is 0. The van der Waals surface area contributed by atoms with Crippen molar-refractivity contribution in [2.24, 2.45) is 0 Å². The zero-order chi connectivity index (χ0) is 9.84. The summed E-state index contributed by atoms with van der Waals surface area (Å²) in [5.41, 5.74) is 0. The molecule has 1 saturated heterocycles. The lowest BCUT2D eigenvalue weighted by molar-refractivity contribution is -0.141. The van der Waals surface area contributed by atoms with Gasteiger partial charge in [-0.2, -0.15) is 0 Å². The number of carbonyl (C=O) groups is 2. The van der Waals surface area contributed by atoms with Crippen molar-refractivity contribution in [3.05, 3.63) is 0 Å². The van der Waals surface area contributed by atoms with Crippen LogP contribution in [0.4, 0.5) is 0 Å². The average molecular weight is 186 g/mol. The van der Waals surface area contributed by atoms with Crippen LogP contribution in [0.25, 0.3) is 0 Å². The predicted molar refractivity (Wildman–Crippen MR) is 45.9 cm³/mol. The van der Waals surface area contributed by atoms with Crippen LogP contribution < -0.4 is 5.32 Å². The lowest BCUT2D eigenvalue weighted by Gasteiger charge is -2.35. The smallest absolute Gasteiger partial charge is 0.224 e. The zero-order valence-corrected chi connectivity index (χ0v) is 7.62. The van der Waals surface area contributed by atoms with Crippen LogP contribution in [0.5, 0.6) is 0 Å². The molecule has 1 rings (SSSR count). The summed E-state index contributed by atoms with van der Waals surface area (Å²) < 4.78 is 0. The fourth-order valence-electron chi connectivity index (χ4n) is 1.16. The SMILES string of the molecule is CC(=O)NCCC(=O)N1CC(O)C1. The Kier molecular flexibility index (Phi) is 3.25. The molecular weight excluding hydrogens is 172 g/mol. The third-order valence-electron chi connectivity index (χ3n) is 1.93. The standard InChI is InChI=1S/C8H14N2O3/c1-6(11)9-3-2-8(13)10-4-7(12)5-10/h7,12H,2-5H2,1H3,(H,9,11). The van der Waals surface area contributed by atoms with E-state index in [2.05, 4.69) is 5.32 Å². The van der Waals surface area contributed by atoms with E-state index in [0.29, 0.717) is 26.1 Å². The van der Waals surface area contributed by atoms with Crippen molar-refractivity contribution < 1.29 is 14.7 Å². The van der Waals surface area contributed by atoms with Crippen LogP contribution in [0.15, 0.2) is 0 Å². The Morgan fingerprint density at radius 3 is 2.62 bits per heavy atom. The summed E-state index contributed by atoms with van der Waals surface area (Å²) in [5, 5.41) is 11.5. The van der Waals surface area contributed by atoms with Gasteiger partial charge in [0.15, 0.2) is 0 Å². The fraction of sp³-hybridized carbons (Fsp3) is 0.750. The van der Waals surface area contributed by atoms with E-state index in [1.165, 1.54) is 6.92 Å². The van der Waals surface area contributed by atoms with Crippen molar-refractivity contribution in [1.82, 2.24) is 10.2 Å². The van der Waals surface area contributed by atoms with Gasteiger partial charge in [-0.3, -0.25) is 9.59 Å². The molecule has 0 aromatic heterocycles. The first-order valence-electron chi connectivity index (χ1n) is 4.30. The molecule has 2 N–H and O–H groups in total. The van der Waals surface area contributed by atoms with Gasteiger partial charge in [0.2, 0.25) is 11.8 Å². The molecule has 0 unspecified atom stereocenters. The Labute approximate surface area is 76.7 Å². The second-order valence-electron chi connectivity index (χ2n) is 3.19. The predicted octanol–water partition coefficient (Wildman–Crippen LogP) is -1.28. The van der Waals surface area contributed by atoms with E-state index in [1.807, 2.05) is 0 Å². The molecule has 5 heteroatoms. The van der Waals surface area contributed by atoms with E-state index in [-0.39, 0.29) is 17.9 Å². The molecule has 1 heterocycles. The molecule has 2 amide bonds. The van der Waals surface area contributed by atoms with E-state index in [9.17, 15) is 9.59 Å². The molecule has 1 aliphatic heterocycles. The molecule has 13 heavy (non-hydrogen) atoms. The number of β-amino-alcohol motifs (C(OH)–C–C–N with tert-alkyl or cyclic N) is 1. The Hall–Kier alpha value is -1.10. The number of hydrogen-bond acceptors (Lipinski definition) is 3. The van der Waals surface area contributed by atoms with Crippen LogP contribution >= 0.6 is 0 Å². The van der Waals surface area contributed by atoms with Crippen LogP contribution in [0.1, 0.15) is 13.3 Å². The van der Waals surface area contributed by atoms with E-state index in [1.54, 1.807) is 4.90 Å². The Balaban J connectivity index is 2.08. The first-order chi connectivity index (χ1) is 6.09. The van der Waals surface area contributed by atoms with Crippen molar-refractivity contribution in [2.45, 2.75) is 19.4 Å². The number of nitrogens with zero attached hydrogens (tertiary/aromatic N) is 1. The second kappa shape index (κ2) is 4.23. The minimum absolute atomic E-state index is 0.0148. The van der Waals surface area contributed by atoms with E-state index < -0.39 is 0 Å². The molecule has 0 aliphatic carbocycles. The molecule has 0 atom stereocenters. The highest BCUT2D eigenvalue weighted by atomic mass is 16.3. The minimum atomic E-state index is -0.357. The fourth-order valence-corrected chi connectivity index (χ4v) is 1.16. The second-order valence-corrected chi connectivity index (χ2v) is 3.19. The Morgan fingerprint density at radius 1 is 1.54 bits per heavy atom. The molecule has 1 fully saturated rings. The summed E-state index contributed by atoms with van der Waals surface area (Å²) in [5.74, 6) is -0.143. The molecule has 0 bridgehead atoms. The molecule has 1 aliphatic rings. The molecule has 0 saturated carbocycles. The largest absolute Gasteiger partial charge is 0.389 e. The highest BCUT2D eigenvalue weighted by molar-refractivity contribution is 5.78.